The molecule has 10 heterocycles. The molecule has 4 aliphatic heterocycles. The number of carbonyl (C=O) groups excluding carboxylic acids is 4. The molecule has 4 saturated heterocycles. The highest BCUT2D eigenvalue weighted by atomic mass is 32.2. The predicted molar refractivity (Wildman–Crippen MR) is 503 cm³/mol. The van der Waals surface area contributed by atoms with E-state index in [0.29, 0.717) is 99.8 Å². The van der Waals surface area contributed by atoms with E-state index in [1.54, 1.807) is 128 Å². The molecule has 4 aliphatic rings. The molecule has 4 fully saturated rings. The first-order chi connectivity index (χ1) is 61.6. The van der Waals surface area contributed by atoms with Gasteiger partial charge in [0, 0.05) is 146 Å². The van der Waals surface area contributed by atoms with Crippen molar-refractivity contribution in [2.24, 2.45) is 0 Å². The second-order valence-corrected chi connectivity index (χ2v) is 38.9. The molecule has 6 aromatic heterocycles. The van der Waals surface area contributed by atoms with E-state index in [4.69, 9.17) is 9.97 Å². The number of rotatable bonds is 16. The summed E-state index contributed by atoms with van der Waals surface area (Å²) < 4.78 is 99.5. The van der Waals surface area contributed by atoms with Crippen LogP contribution in [0.3, 0.4) is 0 Å². The van der Waals surface area contributed by atoms with Crippen molar-refractivity contribution in [3.63, 3.8) is 0 Å². The minimum absolute atomic E-state index is 0.159. The van der Waals surface area contributed by atoms with Crippen LogP contribution in [0.5, 0.6) is 0 Å². The highest BCUT2D eigenvalue weighted by Crippen LogP contribution is 2.36. The van der Waals surface area contributed by atoms with Crippen LogP contribution in [0, 0.1) is 27.7 Å². The van der Waals surface area contributed by atoms with Gasteiger partial charge in [0.05, 0.1) is 84.9 Å². The fourth-order valence-corrected chi connectivity index (χ4v) is 19.3. The largest absolute Gasteiger partial charge is 0.322 e. The highest BCUT2D eigenvalue weighted by molar-refractivity contribution is 7.95. The zero-order valence-electron chi connectivity index (χ0n) is 69.4. The van der Waals surface area contributed by atoms with Gasteiger partial charge in [-0.2, -0.15) is 0 Å². The maximum atomic E-state index is 12.8. The van der Waals surface area contributed by atoms with Crippen LogP contribution in [0.25, 0.3) is 88.8 Å². The number of carbonyl (C=O) groups is 4. The van der Waals surface area contributed by atoms with Gasteiger partial charge >= 0.3 is 0 Å². The third-order valence-electron chi connectivity index (χ3n) is 22.4. The van der Waals surface area contributed by atoms with Crippen LogP contribution in [0.2, 0.25) is 0 Å². The molecule has 4 amide bonds. The molecule has 0 atom stereocenters. The monoisotopic (exact) mass is 1780 g/mol. The Kier molecular flexibility index (Phi) is 23.6. The molecule has 27 nitrogen and oxygen atoms in total. The molecule has 10 aromatic carbocycles. The van der Waals surface area contributed by atoms with Gasteiger partial charge in [0.1, 0.15) is 0 Å². The van der Waals surface area contributed by atoms with Gasteiger partial charge in [-0.15, -0.1) is 0 Å². The Labute approximate surface area is 738 Å². The highest BCUT2D eigenvalue weighted by Gasteiger charge is 2.36. The number of hydrogen-bond donors (Lipinski definition) is 4. The van der Waals surface area contributed by atoms with E-state index in [0.717, 1.165) is 105 Å². The van der Waals surface area contributed by atoms with E-state index in [1.807, 2.05) is 198 Å². The van der Waals surface area contributed by atoms with Gasteiger partial charge in [-0.3, -0.25) is 51.4 Å². The third kappa shape index (κ3) is 18.4. The van der Waals surface area contributed by atoms with E-state index in [2.05, 4.69) is 46.2 Å². The quantitative estimate of drug-likeness (QED) is 0.0698. The first-order valence-corrected chi connectivity index (χ1v) is 47.2. The third-order valence-corrected chi connectivity index (χ3v) is 29.4. The zero-order valence-corrected chi connectivity index (χ0v) is 72.7. The minimum Gasteiger partial charge on any atom is -0.322 e. The molecule has 0 aliphatic carbocycles. The number of aryl methyl sites for hydroxylation is 4. The van der Waals surface area contributed by atoms with Crippen LogP contribution >= 0.6 is 0 Å². The first-order valence-electron chi connectivity index (χ1n) is 40.7. The summed E-state index contributed by atoms with van der Waals surface area (Å²) in [5, 5.41) is 15.6. The van der Waals surface area contributed by atoms with Crippen molar-refractivity contribution in [3.05, 3.63) is 342 Å². The first kappa shape index (κ1) is 85.1. The molecule has 0 saturated carbocycles. The molecular weight excluding hydrogens is 1700 g/mol. The molecule has 0 spiro atoms. The number of hydrogen-bond acceptors (Lipinski definition) is 19. The van der Waals surface area contributed by atoms with E-state index >= 15 is 0 Å². The number of benzene rings is 10. The minimum atomic E-state index is -3.19. The number of nitrogens with zero attached hydrogens (tertiary/aromatic N) is 11. The normalized spacial score (nSPS) is 14.7. The number of sulfonamides is 4. The fraction of sp³-hybridized carbons (Fsp3) is 0.124. The number of para-hydroxylation sites is 2. The van der Waals surface area contributed by atoms with Crippen LogP contribution in [0.15, 0.2) is 298 Å². The molecule has 31 heteroatoms. The average molecular weight is 1780 g/mol. The summed E-state index contributed by atoms with van der Waals surface area (Å²) in [4.78, 5) is 82.7. The Morgan fingerprint density at radius 2 is 0.648 bits per heavy atom. The van der Waals surface area contributed by atoms with Gasteiger partial charge < -0.3 is 21.3 Å². The summed E-state index contributed by atoms with van der Waals surface area (Å²) in [6, 6.07) is 80.3. The van der Waals surface area contributed by atoms with Gasteiger partial charge in [-0.25, -0.2) is 53.6 Å². The van der Waals surface area contributed by atoms with Gasteiger partial charge in [-0.1, -0.05) is 66.7 Å². The second kappa shape index (κ2) is 35.5. The van der Waals surface area contributed by atoms with Crippen molar-refractivity contribution in [2.45, 2.75) is 27.7 Å². The zero-order chi connectivity index (χ0) is 89.2. The molecular formula is C97H81N15O12S4. The number of amides is 4. The smallest absolute Gasteiger partial charge is 0.255 e. The number of fused-ring (bicyclic) bond motifs is 4. The lowest BCUT2D eigenvalue weighted by atomic mass is 10.0. The van der Waals surface area contributed by atoms with E-state index in [9.17, 15) is 52.8 Å². The Morgan fingerprint density at radius 3 is 1.06 bits per heavy atom. The summed E-state index contributed by atoms with van der Waals surface area (Å²) in [5.74, 6) is 0.156. The molecule has 20 rings (SSSR count). The molecule has 16 aromatic rings. The van der Waals surface area contributed by atoms with Crippen molar-refractivity contribution in [1.82, 2.24) is 34.9 Å². The number of pyridine rings is 5. The summed E-state index contributed by atoms with van der Waals surface area (Å²) in [5.41, 5.74) is 20.4. The van der Waals surface area contributed by atoms with Crippen LogP contribution in [0.1, 0.15) is 63.7 Å². The maximum absolute atomic E-state index is 12.8. The number of anilines is 8. The van der Waals surface area contributed by atoms with Crippen molar-refractivity contribution in [1.29, 1.82) is 0 Å². The Balaban J connectivity index is 0.000000120. The lowest BCUT2D eigenvalue weighted by Gasteiger charge is -2.32. The van der Waals surface area contributed by atoms with Gasteiger partial charge in [0.2, 0.25) is 40.1 Å². The second-order valence-electron chi connectivity index (χ2n) is 30.8. The van der Waals surface area contributed by atoms with Gasteiger partial charge in [0.15, 0.2) is 5.82 Å². The summed E-state index contributed by atoms with van der Waals surface area (Å²) in [7, 11) is -12.7. The Hall–Kier alpha value is -15.1. The van der Waals surface area contributed by atoms with E-state index < -0.39 is 40.1 Å². The SMILES string of the molecule is Cc1ccc(NC(=O)c2ccc(N3CCS3(=O)=O)cc2)cc1-c1ccc2ccccc2n1.Cc1ccc(NC(=O)c2ccc(N3CCS3(=O)=O)cc2)cc1-c1ccc2cnccc2n1.Cc1ccc(NC(=O)c2ccc(N3CCS3(=O)=O)cc2)cc1-c1ncc2ccccc2n1.Cc1ccc(NC(=O)c2ccc(N3CCS3(=O)=O)cc2)cc1-c1nccc2ncccc12. The van der Waals surface area contributed by atoms with Crippen LogP contribution < -0.4 is 38.5 Å². The maximum Gasteiger partial charge on any atom is 0.255 e. The molecule has 4 N–H and O–H groups in total. The van der Waals surface area contributed by atoms with E-state index in [-0.39, 0.29) is 46.6 Å². The van der Waals surface area contributed by atoms with Gasteiger partial charge in [-0.05, 0) is 250 Å². The summed E-state index contributed by atoms with van der Waals surface area (Å²) >= 11 is 0. The molecule has 128 heavy (non-hydrogen) atoms. The Morgan fingerprint density at radius 1 is 0.297 bits per heavy atom. The fourth-order valence-electron chi connectivity index (χ4n) is 14.9. The molecule has 0 radical (unpaired) electrons. The Bertz CT molecular complexity index is 7040. The van der Waals surface area contributed by atoms with Gasteiger partial charge in [0.25, 0.3) is 23.6 Å². The predicted octanol–water partition coefficient (Wildman–Crippen LogP) is 16.6. The van der Waals surface area contributed by atoms with Crippen molar-refractivity contribution in [2.75, 3.05) is 87.7 Å². The summed E-state index contributed by atoms with van der Waals surface area (Å²) in [6.07, 6.45) is 8.76. The molecule has 0 unspecified atom stereocenters. The van der Waals surface area contributed by atoms with Crippen LogP contribution in [-0.2, 0) is 40.1 Å². The van der Waals surface area contributed by atoms with Crippen molar-refractivity contribution >= 4 is 153 Å². The van der Waals surface area contributed by atoms with Crippen molar-refractivity contribution in [3.8, 4) is 45.2 Å². The number of nitrogens with one attached hydrogen (secondary N) is 4. The number of aromatic nitrogens is 7. The summed E-state index contributed by atoms with van der Waals surface area (Å²) in [6.45, 7) is 9.88. The lowest BCUT2D eigenvalue weighted by Crippen LogP contribution is -2.47. The topological polar surface area (TPSA) is 356 Å². The molecule has 0 bridgehead atoms. The van der Waals surface area contributed by atoms with Crippen LogP contribution in [-0.4, -0.2) is 141 Å². The average Bonchev–Trinajstić information content (AvgIpc) is 0.789. The lowest BCUT2D eigenvalue weighted by molar-refractivity contribution is 0.101. The molecule has 640 valence electrons. The van der Waals surface area contributed by atoms with Crippen LogP contribution in [0.4, 0.5) is 45.5 Å². The van der Waals surface area contributed by atoms with E-state index in [1.165, 1.54) is 17.2 Å². The standard InChI is InChI=1S/C25H21N3O3S.3C24H20N4O3S/c1-17-6-10-20(16-22(17)24-13-9-18-4-2-3-5-23(18)27-24)26-25(29)19-7-11-21(12-8-19)28-14-15-32(28,30)31;1-16-2-6-19(14-21(16)23-9-5-18-15-25-11-10-22(18)27-23)26-24(29)17-3-7-20(8-4-17)28-12-13-32(28,30)31;1-16-4-7-18(15-21(16)23-20-3-2-11-25-22(20)10-12-26-23)27-24(29)17-5-8-19(9-6-17)28-13-14-32(28,30)31;1-16-6-9-19(14-21(16)23-25-15-18-4-2-3-5-22(18)27-23)26-24(29)17-7-10-20(11-8-17)28-12-13-32(28,30)31/h2-13,16H,14-15H2,1H3,(H,26,29);2-11,14-15H,12-13H2,1H3,(H,26,29);2-12,15H,13-14H2,1H3,(H,27,29);2-11,14-15H,12-13H2,1H3,(H,26,29). The van der Waals surface area contributed by atoms with Crippen molar-refractivity contribution < 1.29 is 52.8 Å².